The van der Waals surface area contributed by atoms with Gasteiger partial charge in [-0.25, -0.2) is 9.97 Å². The molecule has 6 nitrogen and oxygen atoms in total. The summed E-state index contributed by atoms with van der Waals surface area (Å²) >= 11 is 0. The molecular weight excluding hydrogens is 326 g/mol. The number of hydrogen-bond donors (Lipinski definition) is 0. The van der Waals surface area contributed by atoms with Crippen molar-refractivity contribution in [3.63, 3.8) is 0 Å². The monoisotopic (exact) mass is 349 g/mol. The Hall–Kier alpha value is -2.76. The molecule has 0 bridgehead atoms. The predicted octanol–water partition coefficient (Wildman–Crippen LogP) is 4.05. The van der Waals surface area contributed by atoms with Gasteiger partial charge >= 0.3 is 0 Å². The maximum atomic E-state index is 5.41. The van der Waals surface area contributed by atoms with Gasteiger partial charge in [0.1, 0.15) is 5.76 Å². The fourth-order valence-corrected chi connectivity index (χ4v) is 3.65. The van der Waals surface area contributed by atoms with Gasteiger partial charge in [-0.2, -0.15) is 0 Å². The number of anilines is 1. The van der Waals surface area contributed by atoms with Gasteiger partial charge in [0.25, 0.3) is 0 Å². The Morgan fingerprint density at radius 2 is 2.00 bits per heavy atom. The lowest BCUT2D eigenvalue weighted by Gasteiger charge is -2.31. The molecule has 0 radical (unpaired) electrons. The molecule has 3 aromatic rings. The summed E-state index contributed by atoms with van der Waals surface area (Å²) in [6.45, 7) is 8.16. The molecule has 0 spiro atoms. The van der Waals surface area contributed by atoms with Crippen LogP contribution < -0.4 is 4.90 Å². The zero-order valence-corrected chi connectivity index (χ0v) is 15.4. The molecule has 1 atom stereocenters. The Labute approximate surface area is 153 Å². The molecule has 3 aromatic heterocycles. The second kappa shape index (κ2) is 6.86. The van der Waals surface area contributed by atoms with Crippen LogP contribution in [0.4, 0.5) is 5.95 Å². The van der Waals surface area contributed by atoms with E-state index in [-0.39, 0.29) is 0 Å². The van der Waals surface area contributed by atoms with E-state index in [4.69, 9.17) is 9.51 Å². The van der Waals surface area contributed by atoms with Gasteiger partial charge in [0.2, 0.25) is 5.95 Å². The first-order valence-electron chi connectivity index (χ1n) is 9.09. The highest BCUT2D eigenvalue weighted by atomic mass is 16.5. The maximum Gasteiger partial charge on any atom is 0.225 e. The van der Waals surface area contributed by atoms with Gasteiger partial charge in [-0.1, -0.05) is 12.1 Å². The van der Waals surface area contributed by atoms with Crippen molar-refractivity contribution in [2.75, 3.05) is 18.0 Å². The molecule has 0 amide bonds. The van der Waals surface area contributed by atoms with Gasteiger partial charge in [0.05, 0.1) is 17.0 Å². The lowest BCUT2D eigenvalue weighted by atomic mass is 10.00. The van der Waals surface area contributed by atoms with E-state index in [1.54, 1.807) is 12.4 Å². The van der Waals surface area contributed by atoms with E-state index in [0.717, 1.165) is 52.9 Å². The highest BCUT2D eigenvalue weighted by Gasteiger charge is 2.23. The van der Waals surface area contributed by atoms with E-state index in [9.17, 15) is 0 Å². The summed E-state index contributed by atoms with van der Waals surface area (Å²) in [6, 6.07) is 3.95. The van der Waals surface area contributed by atoms with Crippen molar-refractivity contribution in [1.82, 2.24) is 20.1 Å². The van der Waals surface area contributed by atoms with Crippen LogP contribution in [-0.2, 0) is 0 Å². The van der Waals surface area contributed by atoms with Crippen LogP contribution in [-0.4, -0.2) is 33.2 Å². The molecule has 4 rings (SSSR count). The average Bonchev–Trinajstić information content (AvgIpc) is 3.00. The van der Waals surface area contributed by atoms with E-state index < -0.39 is 0 Å². The van der Waals surface area contributed by atoms with Gasteiger partial charge in [0.15, 0.2) is 0 Å². The van der Waals surface area contributed by atoms with Crippen LogP contribution >= 0.6 is 0 Å². The van der Waals surface area contributed by atoms with Crippen LogP contribution in [0.25, 0.3) is 22.4 Å². The van der Waals surface area contributed by atoms with Crippen molar-refractivity contribution in [1.29, 1.82) is 0 Å². The zero-order valence-electron chi connectivity index (χ0n) is 15.4. The summed E-state index contributed by atoms with van der Waals surface area (Å²) in [6.07, 6.45) is 7.93. The highest BCUT2D eigenvalue weighted by Crippen LogP contribution is 2.35. The molecule has 1 aliphatic heterocycles. The summed E-state index contributed by atoms with van der Waals surface area (Å²) in [5.41, 5.74) is 4.67. The molecule has 1 fully saturated rings. The molecule has 0 aliphatic carbocycles. The van der Waals surface area contributed by atoms with Crippen LogP contribution in [0.5, 0.6) is 0 Å². The summed E-state index contributed by atoms with van der Waals surface area (Å²) in [4.78, 5) is 16.1. The van der Waals surface area contributed by atoms with Crippen molar-refractivity contribution < 1.29 is 4.52 Å². The molecule has 4 heterocycles. The Bertz CT molecular complexity index is 886. The molecular formula is C20H23N5O. The van der Waals surface area contributed by atoms with Crippen molar-refractivity contribution in [3.8, 4) is 22.4 Å². The number of aromatic nitrogens is 4. The van der Waals surface area contributed by atoms with E-state index in [1.807, 2.05) is 32.2 Å². The zero-order chi connectivity index (χ0) is 18.1. The topological polar surface area (TPSA) is 67.9 Å². The quantitative estimate of drug-likeness (QED) is 0.711. The second-order valence-corrected chi connectivity index (χ2v) is 7.06. The third-order valence-corrected chi connectivity index (χ3v) is 4.98. The first kappa shape index (κ1) is 16.7. The van der Waals surface area contributed by atoms with E-state index in [2.05, 4.69) is 26.9 Å². The molecule has 1 aliphatic rings. The van der Waals surface area contributed by atoms with Crippen LogP contribution in [0.15, 0.2) is 35.2 Å². The Kier molecular flexibility index (Phi) is 4.41. The number of rotatable bonds is 3. The van der Waals surface area contributed by atoms with Crippen LogP contribution in [0.3, 0.4) is 0 Å². The fourth-order valence-electron chi connectivity index (χ4n) is 3.65. The van der Waals surface area contributed by atoms with Gasteiger partial charge in [0, 0.05) is 37.2 Å². The Morgan fingerprint density at radius 3 is 2.69 bits per heavy atom. The van der Waals surface area contributed by atoms with Gasteiger partial charge in [-0.3, -0.25) is 4.98 Å². The van der Waals surface area contributed by atoms with Crippen LogP contribution in [0.2, 0.25) is 0 Å². The second-order valence-electron chi connectivity index (χ2n) is 7.06. The SMILES string of the molecule is Cc1noc(C)c1-c1nc(N2CCC[C@@H](C)C2)ncc1-c1ccncc1. The Morgan fingerprint density at radius 1 is 1.19 bits per heavy atom. The first-order chi connectivity index (χ1) is 12.6. The van der Waals surface area contributed by atoms with Gasteiger partial charge in [-0.15, -0.1) is 0 Å². The molecule has 0 N–H and O–H groups in total. The largest absolute Gasteiger partial charge is 0.361 e. The van der Waals surface area contributed by atoms with Crippen LogP contribution in [0, 0.1) is 19.8 Å². The third-order valence-electron chi connectivity index (χ3n) is 4.98. The minimum absolute atomic E-state index is 0.662. The van der Waals surface area contributed by atoms with Crippen LogP contribution in [0.1, 0.15) is 31.2 Å². The number of hydrogen-bond acceptors (Lipinski definition) is 6. The molecule has 0 unspecified atom stereocenters. The maximum absolute atomic E-state index is 5.41. The summed E-state index contributed by atoms with van der Waals surface area (Å²) in [5.74, 6) is 2.22. The summed E-state index contributed by atoms with van der Waals surface area (Å²) < 4.78 is 5.41. The molecule has 26 heavy (non-hydrogen) atoms. The highest BCUT2D eigenvalue weighted by molar-refractivity contribution is 5.82. The summed E-state index contributed by atoms with van der Waals surface area (Å²) in [5, 5.41) is 4.12. The standard InChI is InChI=1S/C20H23N5O/c1-13-5-4-10-25(12-13)20-22-11-17(16-6-8-21-9-7-16)19(23-20)18-14(2)24-26-15(18)3/h6-9,11,13H,4-5,10,12H2,1-3H3/t13-/m1/s1. The number of nitrogens with zero attached hydrogens (tertiary/aromatic N) is 5. The normalized spacial score (nSPS) is 17.5. The minimum atomic E-state index is 0.662. The van der Waals surface area contributed by atoms with Crippen molar-refractivity contribution in [2.45, 2.75) is 33.6 Å². The number of pyridine rings is 1. The van der Waals surface area contributed by atoms with E-state index in [1.165, 1.54) is 12.8 Å². The average molecular weight is 349 g/mol. The fraction of sp³-hybridized carbons (Fsp3) is 0.400. The lowest BCUT2D eigenvalue weighted by Crippen LogP contribution is -2.35. The lowest BCUT2D eigenvalue weighted by molar-refractivity contribution is 0.393. The molecule has 0 aromatic carbocycles. The van der Waals surface area contributed by atoms with Crippen molar-refractivity contribution >= 4 is 5.95 Å². The number of aryl methyl sites for hydroxylation is 2. The van der Waals surface area contributed by atoms with Gasteiger partial charge in [-0.05, 0) is 50.3 Å². The van der Waals surface area contributed by atoms with Gasteiger partial charge < -0.3 is 9.42 Å². The predicted molar refractivity (Wildman–Crippen MR) is 101 cm³/mol. The molecule has 0 saturated carbocycles. The first-order valence-corrected chi connectivity index (χ1v) is 9.09. The minimum Gasteiger partial charge on any atom is -0.361 e. The molecule has 6 heteroatoms. The Balaban J connectivity index is 1.85. The number of piperidine rings is 1. The smallest absolute Gasteiger partial charge is 0.225 e. The molecule has 1 saturated heterocycles. The van der Waals surface area contributed by atoms with E-state index >= 15 is 0 Å². The van der Waals surface area contributed by atoms with Crippen molar-refractivity contribution in [2.24, 2.45) is 5.92 Å². The summed E-state index contributed by atoms with van der Waals surface area (Å²) in [7, 11) is 0. The van der Waals surface area contributed by atoms with Crippen molar-refractivity contribution in [3.05, 3.63) is 42.2 Å². The molecule has 134 valence electrons. The van der Waals surface area contributed by atoms with E-state index in [0.29, 0.717) is 5.92 Å². The third kappa shape index (κ3) is 3.07.